The first-order valence-electron chi connectivity index (χ1n) is 10.7. The van der Waals surface area contributed by atoms with E-state index in [2.05, 4.69) is 15.3 Å². The molecule has 0 bridgehead atoms. The second-order valence-electron chi connectivity index (χ2n) is 8.52. The Balaban J connectivity index is 1.67. The number of anilines is 4. The van der Waals surface area contributed by atoms with Crippen LogP contribution in [0.1, 0.15) is 23.2 Å². The topological polar surface area (TPSA) is 204 Å². The summed E-state index contributed by atoms with van der Waals surface area (Å²) in [6.07, 6.45) is 1.52. The van der Waals surface area contributed by atoms with E-state index >= 15 is 0 Å². The molecule has 32 heavy (non-hydrogen) atoms. The maximum absolute atomic E-state index is 11.3. The van der Waals surface area contributed by atoms with Crippen LogP contribution >= 0.6 is 0 Å². The van der Waals surface area contributed by atoms with Crippen LogP contribution in [-0.2, 0) is 0 Å². The monoisotopic (exact) mass is 441 g/mol. The van der Waals surface area contributed by atoms with E-state index in [0.717, 1.165) is 12.8 Å². The van der Waals surface area contributed by atoms with Crippen molar-refractivity contribution >= 4 is 29.4 Å². The van der Waals surface area contributed by atoms with Gasteiger partial charge >= 0.3 is 0 Å². The predicted octanol–water partition coefficient (Wildman–Crippen LogP) is -1.56. The van der Waals surface area contributed by atoms with E-state index < -0.39 is 5.91 Å². The van der Waals surface area contributed by atoms with Crippen LogP contribution in [-0.4, -0.2) is 71.2 Å². The lowest BCUT2D eigenvalue weighted by Gasteiger charge is -2.35. The first kappa shape index (κ1) is 22.1. The Morgan fingerprint density at radius 1 is 0.938 bits per heavy atom. The van der Waals surface area contributed by atoms with Gasteiger partial charge in [0.25, 0.3) is 0 Å². The third kappa shape index (κ3) is 4.88. The van der Waals surface area contributed by atoms with E-state index in [1.54, 1.807) is 24.3 Å². The van der Waals surface area contributed by atoms with Gasteiger partial charge in [0.05, 0.1) is 0 Å². The first-order chi connectivity index (χ1) is 15.3. The van der Waals surface area contributed by atoms with E-state index in [4.69, 9.17) is 33.7 Å². The molecule has 0 unspecified atom stereocenters. The van der Waals surface area contributed by atoms with Gasteiger partial charge in [-0.2, -0.15) is 15.0 Å². The molecule has 1 aromatic carbocycles. The van der Waals surface area contributed by atoms with Crippen molar-refractivity contribution in [3.05, 3.63) is 29.8 Å². The van der Waals surface area contributed by atoms with Crippen molar-refractivity contribution in [2.24, 2.45) is 28.7 Å². The van der Waals surface area contributed by atoms with Gasteiger partial charge in [-0.1, -0.05) is 0 Å². The van der Waals surface area contributed by atoms with Crippen molar-refractivity contribution in [2.75, 3.05) is 41.3 Å². The third-order valence-electron chi connectivity index (χ3n) is 5.81. The van der Waals surface area contributed by atoms with E-state index in [1.165, 1.54) is 0 Å². The molecule has 2 aliphatic rings. The van der Waals surface area contributed by atoms with Crippen LogP contribution < -0.4 is 43.8 Å². The molecular weight excluding hydrogens is 410 g/mol. The first-order valence-corrected chi connectivity index (χ1v) is 10.7. The van der Waals surface area contributed by atoms with Gasteiger partial charge in [-0.05, 0) is 37.1 Å². The second kappa shape index (κ2) is 9.20. The molecule has 2 saturated heterocycles. The molecule has 172 valence electrons. The number of nitrogens with two attached hydrogens (primary N) is 5. The lowest BCUT2D eigenvalue weighted by atomic mass is 10.0. The lowest BCUT2D eigenvalue weighted by molar-refractivity contribution is 0.100. The van der Waals surface area contributed by atoms with Crippen molar-refractivity contribution in [3.8, 4) is 0 Å². The molecule has 4 atom stereocenters. The SMILES string of the molecule is NC[C@@H]1C[C@H](N)CN1c1nc(Nc2ccc(C(N)=O)cc2)nc(N2C[C@H](N)C[C@H](N)C2)n1. The van der Waals surface area contributed by atoms with Crippen LogP contribution in [0.5, 0.6) is 0 Å². The number of hydrogen-bond donors (Lipinski definition) is 6. The minimum atomic E-state index is -0.489. The molecular formula is C20H31N11O. The van der Waals surface area contributed by atoms with Gasteiger partial charge in [0.1, 0.15) is 0 Å². The molecule has 0 radical (unpaired) electrons. The highest BCUT2D eigenvalue weighted by atomic mass is 16.1. The minimum Gasteiger partial charge on any atom is -0.366 e. The zero-order valence-corrected chi connectivity index (χ0v) is 17.9. The largest absolute Gasteiger partial charge is 0.366 e. The number of piperidine rings is 1. The smallest absolute Gasteiger partial charge is 0.248 e. The number of aromatic nitrogens is 3. The van der Waals surface area contributed by atoms with E-state index in [-0.39, 0.29) is 24.2 Å². The highest BCUT2D eigenvalue weighted by molar-refractivity contribution is 5.93. The number of carbonyl (C=O) groups is 1. The maximum Gasteiger partial charge on any atom is 0.248 e. The second-order valence-corrected chi connectivity index (χ2v) is 8.52. The molecule has 4 rings (SSSR count). The Morgan fingerprint density at radius 2 is 1.56 bits per heavy atom. The van der Waals surface area contributed by atoms with Crippen LogP contribution in [0.3, 0.4) is 0 Å². The van der Waals surface area contributed by atoms with E-state index in [9.17, 15) is 4.79 Å². The molecule has 0 aliphatic carbocycles. The molecule has 2 aliphatic heterocycles. The van der Waals surface area contributed by atoms with Gasteiger partial charge in [0, 0.05) is 61.6 Å². The quantitative estimate of drug-likeness (QED) is 0.302. The van der Waals surface area contributed by atoms with Crippen LogP contribution in [0.2, 0.25) is 0 Å². The zero-order chi connectivity index (χ0) is 22.8. The van der Waals surface area contributed by atoms with Gasteiger partial charge in [-0.3, -0.25) is 4.79 Å². The van der Waals surface area contributed by atoms with Gasteiger partial charge < -0.3 is 43.8 Å². The summed E-state index contributed by atoms with van der Waals surface area (Å²) in [4.78, 5) is 29.3. The summed E-state index contributed by atoms with van der Waals surface area (Å²) < 4.78 is 0. The molecule has 1 amide bonds. The maximum atomic E-state index is 11.3. The molecule has 12 nitrogen and oxygen atoms in total. The Morgan fingerprint density at radius 3 is 2.19 bits per heavy atom. The highest BCUT2D eigenvalue weighted by Gasteiger charge is 2.32. The van der Waals surface area contributed by atoms with Crippen molar-refractivity contribution in [1.29, 1.82) is 0 Å². The third-order valence-corrected chi connectivity index (χ3v) is 5.81. The van der Waals surface area contributed by atoms with Gasteiger partial charge in [0.2, 0.25) is 23.8 Å². The van der Waals surface area contributed by atoms with Gasteiger partial charge in [-0.25, -0.2) is 0 Å². The van der Waals surface area contributed by atoms with Crippen molar-refractivity contribution in [1.82, 2.24) is 15.0 Å². The molecule has 1 aromatic heterocycles. The number of hydrogen-bond acceptors (Lipinski definition) is 11. The van der Waals surface area contributed by atoms with Crippen molar-refractivity contribution < 1.29 is 4.79 Å². The number of amides is 1. The Kier molecular flexibility index (Phi) is 6.37. The number of rotatable bonds is 6. The minimum absolute atomic E-state index is 0.00153. The Hall–Kier alpha value is -3.06. The Labute approximate surface area is 186 Å². The summed E-state index contributed by atoms with van der Waals surface area (Å²) >= 11 is 0. The summed E-state index contributed by atoms with van der Waals surface area (Å²) in [5.74, 6) is 0.869. The fourth-order valence-corrected chi connectivity index (χ4v) is 4.29. The number of primary amides is 1. The molecule has 2 fully saturated rings. The van der Waals surface area contributed by atoms with E-state index in [0.29, 0.717) is 55.3 Å². The summed E-state index contributed by atoms with van der Waals surface area (Å²) in [6, 6.07) is 6.68. The molecule has 0 saturated carbocycles. The molecule has 0 spiro atoms. The van der Waals surface area contributed by atoms with Gasteiger partial charge in [-0.15, -0.1) is 0 Å². The van der Waals surface area contributed by atoms with Crippen LogP contribution in [0.15, 0.2) is 24.3 Å². The van der Waals surface area contributed by atoms with Gasteiger partial charge in [0.15, 0.2) is 0 Å². The average Bonchev–Trinajstić information content (AvgIpc) is 3.14. The van der Waals surface area contributed by atoms with E-state index in [1.807, 2.05) is 9.80 Å². The molecule has 11 N–H and O–H groups in total. The lowest BCUT2D eigenvalue weighted by Crippen LogP contribution is -2.53. The fraction of sp³-hybridized carbons (Fsp3) is 0.500. The summed E-state index contributed by atoms with van der Waals surface area (Å²) in [6.45, 7) is 2.26. The normalized spacial score (nSPS) is 25.8. The van der Waals surface area contributed by atoms with Crippen molar-refractivity contribution in [3.63, 3.8) is 0 Å². The van der Waals surface area contributed by atoms with Crippen LogP contribution in [0.25, 0.3) is 0 Å². The number of carbonyl (C=O) groups excluding carboxylic acids is 1. The van der Waals surface area contributed by atoms with Crippen LogP contribution in [0.4, 0.5) is 23.5 Å². The molecule has 2 aromatic rings. The molecule has 3 heterocycles. The standard InChI is InChI=1S/C20H31N11O/c21-7-16-6-14(24)10-31(16)20-28-18(26-15-3-1-11(2-4-15)17(25)32)27-19(29-20)30-8-12(22)5-13(23)9-30/h1-4,12-14,16H,5-10,21-24H2,(H2,25,32)(H,26,27,28,29)/t12-,13+,14-,16-/m0/s1. The number of nitrogens with zero attached hydrogens (tertiary/aromatic N) is 5. The highest BCUT2D eigenvalue weighted by Crippen LogP contribution is 2.26. The predicted molar refractivity (Wildman–Crippen MR) is 124 cm³/mol. The van der Waals surface area contributed by atoms with Crippen LogP contribution in [0, 0.1) is 0 Å². The molecule has 12 heteroatoms. The Bertz CT molecular complexity index is 943. The summed E-state index contributed by atoms with van der Waals surface area (Å²) in [5.41, 5.74) is 31.0. The van der Waals surface area contributed by atoms with Crippen molar-refractivity contribution in [2.45, 2.75) is 37.0 Å². The summed E-state index contributed by atoms with van der Waals surface area (Å²) in [5, 5.41) is 3.19. The fourth-order valence-electron chi connectivity index (χ4n) is 4.29. The average molecular weight is 442 g/mol. The summed E-state index contributed by atoms with van der Waals surface area (Å²) in [7, 11) is 0. The number of benzene rings is 1. The zero-order valence-electron chi connectivity index (χ0n) is 17.9. The number of nitrogens with one attached hydrogen (secondary N) is 1.